The topological polar surface area (TPSA) is 44.8 Å². The van der Waals surface area contributed by atoms with Crippen LogP contribution in [-0.4, -0.2) is 31.9 Å². The Kier molecular flexibility index (Phi) is 3.68. The number of benzene rings is 1. The minimum atomic E-state index is -0.528. The van der Waals surface area contributed by atoms with Crippen molar-refractivity contribution < 1.29 is 19.0 Å². The van der Waals surface area contributed by atoms with Crippen LogP contribution in [0.3, 0.4) is 0 Å². The van der Waals surface area contributed by atoms with Crippen molar-refractivity contribution in [2.45, 2.75) is 32.2 Å². The molecule has 2 rings (SSSR count). The van der Waals surface area contributed by atoms with Crippen molar-refractivity contribution in [1.82, 2.24) is 0 Å². The monoisotopic (exact) mass is 250 g/mol. The summed E-state index contributed by atoms with van der Waals surface area (Å²) in [6.45, 7) is 4.35. The van der Waals surface area contributed by atoms with Gasteiger partial charge in [-0.1, -0.05) is 0 Å². The Bertz CT molecular complexity index is 439. The van der Waals surface area contributed by atoms with E-state index in [0.717, 1.165) is 17.6 Å². The van der Waals surface area contributed by atoms with E-state index in [4.69, 9.17) is 14.2 Å². The quantitative estimate of drug-likeness (QED) is 0.768. The molecule has 4 heteroatoms. The van der Waals surface area contributed by atoms with E-state index in [9.17, 15) is 4.79 Å². The Morgan fingerprint density at radius 1 is 1.50 bits per heavy atom. The van der Waals surface area contributed by atoms with E-state index < -0.39 is 5.79 Å². The maximum Gasteiger partial charge on any atom is 0.163 e. The van der Waals surface area contributed by atoms with Crippen molar-refractivity contribution in [2.75, 3.05) is 13.7 Å². The third-order valence-corrected chi connectivity index (χ3v) is 2.96. The van der Waals surface area contributed by atoms with Gasteiger partial charge in [0.2, 0.25) is 0 Å². The Morgan fingerprint density at radius 3 is 2.83 bits per heavy atom. The lowest BCUT2D eigenvalue weighted by atomic mass is 10.0. The van der Waals surface area contributed by atoms with Crippen molar-refractivity contribution in [3.8, 4) is 5.75 Å². The number of methoxy groups -OCH3 is 1. The van der Waals surface area contributed by atoms with Crippen LogP contribution in [0.15, 0.2) is 18.2 Å². The Morgan fingerprint density at radius 2 is 2.28 bits per heavy atom. The number of rotatable bonds is 4. The predicted molar refractivity (Wildman–Crippen MR) is 67.0 cm³/mol. The van der Waals surface area contributed by atoms with E-state index in [1.54, 1.807) is 19.2 Å². The van der Waals surface area contributed by atoms with E-state index in [1.165, 1.54) is 0 Å². The molecule has 1 aromatic rings. The molecule has 1 aliphatic heterocycles. The Hall–Kier alpha value is -1.39. The molecule has 0 spiro atoms. The predicted octanol–water partition coefficient (Wildman–Crippen LogP) is 2.20. The molecule has 18 heavy (non-hydrogen) atoms. The SMILES string of the molecule is COc1ccc(C=O)cc1CC1COC(C)(C)O1. The average molecular weight is 250 g/mol. The number of hydrogen-bond acceptors (Lipinski definition) is 4. The van der Waals surface area contributed by atoms with Crippen LogP contribution in [0.1, 0.15) is 29.8 Å². The number of hydrogen-bond donors (Lipinski definition) is 0. The third kappa shape index (κ3) is 2.89. The first-order chi connectivity index (χ1) is 8.54. The summed E-state index contributed by atoms with van der Waals surface area (Å²) in [6.07, 6.45) is 1.50. The molecule has 0 radical (unpaired) electrons. The van der Waals surface area contributed by atoms with E-state index in [-0.39, 0.29) is 6.10 Å². The van der Waals surface area contributed by atoms with E-state index >= 15 is 0 Å². The van der Waals surface area contributed by atoms with E-state index in [1.807, 2.05) is 19.9 Å². The molecule has 98 valence electrons. The zero-order valence-electron chi connectivity index (χ0n) is 10.9. The summed E-state index contributed by atoms with van der Waals surface area (Å²) in [7, 11) is 1.62. The molecule has 0 bridgehead atoms. The van der Waals surface area contributed by atoms with Gasteiger partial charge in [0, 0.05) is 12.0 Å². The lowest BCUT2D eigenvalue weighted by Gasteiger charge is -2.17. The molecule has 1 fully saturated rings. The van der Waals surface area contributed by atoms with Gasteiger partial charge in [-0.25, -0.2) is 0 Å². The zero-order valence-corrected chi connectivity index (χ0v) is 10.9. The van der Waals surface area contributed by atoms with Gasteiger partial charge in [-0.3, -0.25) is 4.79 Å². The molecule has 1 unspecified atom stereocenters. The summed E-state index contributed by atoms with van der Waals surface area (Å²) in [4.78, 5) is 10.8. The molecule has 1 atom stereocenters. The van der Waals surface area contributed by atoms with Gasteiger partial charge in [0.1, 0.15) is 12.0 Å². The molecule has 4 nitrogen and oxygen atoms in total. The highest BCUT2D eigenvalue weighted by Gasteiger charge is 2.33. The van der Waals surface area contributed by atoms with Crippen LogP contribution in [0.4, 0.5) is 0 Å². The first-order valence-corrected chi connectivity index (χ1v) is 5.98. The molecular weight excluding hydrogens is 232 g/mol. The minimum absolute atomic E-state index is 0.00389. The van der Waals surface area contributed by atoms with Crippen molar-refractivity contribution >= 4 is 6.29 Å². The summed E-state index contributed by atoms with van der Waals surface area (Å²) >= 11 is 0. The molecule has 1 aromatic carbocycles. The number of carbonyl (C=O) groups excluding carboxylic acids is 1. The minimum Gasteiger partial charge on any atom is -0.496 e. The van der Waals surface area contributed by atoms with E-state index in [2.05, 4.69) is 0 Å². The highest BCUT2D eigenvalue weighted by Crippen LogP contribution is 2.28. The molecule has 0 amide bonds. The normalized spacial score (nSPS) is 21.8. The zero-order chi connectivity index (χ0) is 13.2. The summed E-state index contributed by atoms with van der Waals surface area (Å²) in [5.41, 5.74) is 1.61. The Balaban J connectivity index is 2.15. The lowest BCUT2D eigenvalue weighted by molar-refractivity contribution is -0.138. The van der Waals surface area contributed by atoms with Crippen LogP contribution < -0.4 is 4.74 Å². The first kappa shape index (κ1) is 13.1. The van der Waals surface area contributed by atoms with Crippen LogP contribution in [0, 0.1) is 0 Å². The molecule has 1 saturated heterocycles. The number of ether oxygens (including phenoxy) is 3. The maximum absolute atomic E-state index is 10.8. The maximum atomic E-state index is 10.8. The molecule has 1 heterocycles. The second-order valence-electron chi connectivity index (χ2n) is 4.84. The second kappa shape index (κ2) is 5.08. The van der Waals surface area contributed by atoms with Gasteiger partial charge < -0.3 is 14.2 Å². The second-order valence-corrected chi connectivity index (χ2v) is 4.84. The van der Waals surface area contributed by atoms with Gasteiger partial charge in [-0.15, -0.1) is 0 Å². The van der Waals surface area contributed by atoms with Gasteiger partial charge in [-0.05, 0) is 37.6 Å². The summed E-state index contributed by atoms with van der Waals surface area (Å²) in [5, 5.41) is 0. The Labute approximate surface area is 107 Å². The van der Waals surface area contributed by atoms with Gasteiger partial charge >= 0.3 is 0 Å². The van der Waals surface area contributed by atoms with Gasteiger partial charge in [0.15, 0.2) is 5.79 Å². The summed E-state index contributed by atoms with van der Waals surface area (Å²) in [5.74, 6) is 0.245. The lowest BCUT2D eigenvalue weighted by Crippen LogP contribution is -2.22. The van der Waals surface area contributed by atoms with Gasteiger partial charge in [0.05, 0.1) is 19.8 Å². The largest absolute Gasteiger partial charge is 0.496 e. The fraction of sp³-hybridized carbons (Fsp3) is 0.500. The average Bonchev–Trinajstić information content (AvgIpc) is 2.68. The van der Waals surface area contributed by atoms with Crippen LogP contribution in [0.25, 0.3) is 0 Å². The fourth-order valence-electron chi connectivity index (χ4n) is 2.14. The molecular formula is C14H18O4. The third-order valence-electron chi connectivity index (χ3n) is 2.96. The van der Waals surface area contributed by atoms with E-state index in [0.29, 0.717) is 18.6 Å². The number of aldehydes is 1. The smallest absolute Gasteiger partial charge is 0.163 e. The van der Waals surface area contributed by atoms with Crippen molar-refractivity contribution in [3.63, 3.8) is 0 Å². The molecule has 1 aliphatic rings. The molecule has 0 N–H and O–H groups in total. The standard InChI is InChI=1S/C14H18O4/c1-14(2)17-9-12(18-14)7-11-6-10(8-15)4-5-13(11)16-3/h4-6,8,12H,7,9H2,1-3H3. The number of carbonyl (C=O) groups is 1. The molecule has 0 aromatic heterocycles. The highest BCUT2D eigenvalue weighted by atomic mass is 16.7. The summed E-state index contributed by atoms with van der Waals surface area (Å²) in [6, 6.07) is 5.38. The van der Waals surface area contributed by atoms with Crippen molar-refractivity contribution in [3.05, 3.63) is 29.3 Å². The fourth-order valence-corrected chi connectivity index (χ4v) is 2.14. The molecule has 0 aliphatic carbocycles. The molecule has 0 saturated carbocycles. The van der Waals surface area contributed by atoms with Gasteiger partial charge in [-0.2, -0.15) is 0 Å². The highest BCUT2D eigenvalue weighted by molar-refractivity contribution is 5.75. The van der Waals surface area contributed by atoms with Gasteiger partial charge in [0.25, 0.3) is 0 Å². The summed E-state index contributed by atoms with van der Waals surface area (Å²) < 4.78 is 16.6. The van der Waals surface area contributed by atoms with Crippen LogP contribution in [0.2, 0.25) is 0 Å². The van der Waals surface area contributed by atoms with Crippen LogP contribution >= 0.6 is 0 Å². The van der Waals surface area contributed by atoms with Crippen LogP contribution in [0.5, 0.6) is 5.75 Å². The van der Waals surface area contributed by atoms with Crippen molar-refractivity contribution in [1.29, 1.82) is 0 Å². The first-order valence-electron chi connectivity index (χ1n) is 5.98. The van der Waals surface area contributed by atoms with Crippen LogP contribution in [-0.2, 0) is 15.9 Å². The van der Waals surface area contributed by atoms with Crippen molar-refractivity contribution in [2.24, 2.45) is 0 Å².